The Hall–Kier alpha value is -4.18. The van der Waals surface area contributed by atoms with E-state index in [1.165, 1.54) is 16.8 Å². The standard InChI is InChI=1S/C24H22N6O3S/c1-15-8-11-18(12-9-15)22-27-28-24(29(22)25)34-21(17-6-4-3-5-7-17)23(31)26-19-13-10-16(2)14-20(19)30(32)33/h3-14,21H,25H2,1-2H3,(H,26,31)/t21-/m0/s1. The minimum Gasteiger partial charge on any atom is -0.335 e. The average Bonchev–Trinajstić information content (AvgIpc) is 3.19. The fraction of sp³-hybridized carbons (Fsp3) is 0.125. The number of anilines is 1. The number of amides is 1. The SMILES string of the molecule is Cc1ccc(-c2nnc(S[C@H](C(=O)Nc3ccc(C)cc3[N+](=O)[O-])c3ccccc3)n2N)cc1. The van der Waals surface area contributed by atoms with E-state index in [9.17, 15) is 14.9 Å². The second-order valence-electron chi connectivity index (χ2n) is 7.72. The number of rotatable bonds is 7. The normalized spacial score (nSPS) is 11.7. The van der Waals surface area contributed by atoms with Gasteiger partial charge >= 0.3 is 0 Å². The summed E-state index contributed by atoms with van der Waals surface area (Å²) in [6.45, 7) is 3.74. The van der Waals surface area contributed by atoms with Crippen molar-refractivity contribution in [1.29, 1.82) is 0 Å². The summed E-state index contributed by atoms with van der Waals surface area (Å²) in [6, 6.07) is 21.4. The second kappa shape index (κ2) is 9.75. The van der Waals surface area contributed by atoms with Gasteiger partial charge in [0.1, 0.15) is 10.9 Å². The minimum atomic E-state index is -0.778. The number of carbonyl (C=O) groups is 1. The molecule has 0 aliphatic heterocycles. The molecule has 1 aromatic heterocycles. The molecule has 3 aromatic carbocycles. The van der Waals surface area contributed by atoms with Gasteiger partial charge in [-0.2, -0.15) is 0 Å². The molecule has 0 unspecified atom stereocenters. The predicted octanol–water partition coefficient (Wildman–Crippen LogP) is 4.66. The minimum absolute atomic E-state index is 0.122. The van der Waals surface area contributed by atoms with Crippen LogP contribution in [0.4, 0.5) is 11.4 Å². The number of thioether (sulfide) groups is 1. The van der Waals surface area contributed by atoms with Crippen molar-refractivity contribution >= 4 is 29.0 Å². The third-order valence-corrected chi connectivity index (χ3v) is 6.36. The van der Waals surface area contributed by atoms with Gasteiger partial charge < -0.3 is 11.2 Å². The van der Waals surface area contributed by atoms with Crippen LogP contribution < -0.4 is 11.2 Å². The summed E-state index contributed by atoms with van der Waals surface area (Å²) in [5, 5.41) is 22.1. The molecule has 9 nitrogen and oxygen atoms in total. The molecule has 0 spiro atoms. The summed E-state index contributed by atoms with van der Waals surface area (Å²) in [4.78, 5) is 24.3. The number of nitrogens with two attached hydrogens (primary N) is 1. The summed E-state index contributed by atoms with van der Waals surface area (Å²) < 4.78 is 1.34. The van der Waals surface area contributed by atoms with Gasteiger partial charge in [-0.1, -0.05) is 78.0 Å². The molecule has 0 fully saturated rings. The summed E-state index contributed by atoms with van der Waals surface area (Å²) in [5.74, 6) is 6.30. The van der Waals surface area contributed by atoms with Crippen LogP contribution in [-0.4, -0.2) is 25.7 Å². The van der Waals surface area contributed by atoms with Crippen molar-refractivity contribution in [2.75, 3.05) is 11.2 Å². The molecule has 1 amide bonds. The van der Waals surface area contributed by atoms with E-state index < -0.39 is 16.1 Å². The lowest BCUT2D eigenvalue weighted by atomic mass is 10.1. The first kappa shape index (κ1) is 23.0. The van der Waals surface area contributed by atoms with Crippen molar-refractivity contribution < 1.29 is 9.72 Å². The van der Waals surface area contributed by atoms with Crippen molar-refractivity contribution in [2.24, 2.45) is 0 Å². The Morgan fingerprint density at radius 3 is 2.38 bits per heavy atom. The van der Waals surface area contributed by atoms with Crippen LogP contribution in [0.2, 0.25) is 0 Å². The quantitative estimate of drug-likeness (QED) is 0.172. The van der Waals surface area contributed by atoms with Crippen molar-refractivity contribution in [3.8, 4) is 11.4 Å². The highest BCUT2D eigenvalue weighted by molar-refractivity contribution is 8.00. The predicted molar refractivity (Wildman–Crippen MR) is 132 cm³/mol. The highest BCUT2D eigenvalue weighted by Crippen LogP contribution is 2.37. The Kier molecular flexibility index (Phi) is 6.60. The van der Waals surface area contributed by atoms with E-state index in [4.69, 9.17) is 5.84 Å². The fourth-order valence-electron chi connectivity index (χ4n) is 3.36. The number of nitro groups is 1. The second-order valence-corrected chi connectivity index (χ2v) is 8.79. The molecule has 34 heavy (non-hydrogen) atoms. The highest BCUT2D eigenvalue weighted by atomic mass is 32.2. The van der Waals surface area contributed by atoms with E-state index in [2.05, 4.69) is 15.5 Å². The van der Waals surface area contributed by atoms with Crippen LogP contribution >= 0.6 is 11.8 Å². The smallest absolute Gasteiger partial charge is 0.293 e. The van der Waals surface area contributed by atoms with Gasteiger partial charge in [-0.05, 0) is 31.0 Å². The van der Waals surface area contributed by atoms with Crippen molar-refractivity contribution in [1.82, 2.24) is 14.9 Å². The summed E-state index contributed by atoms with van der Waals surface area (Å²) in [7, 11) is 0. The average molecular weight is 475 g/mol. The molecule has 0 saturated heterocycles. The van der Waals surface area contributed by atoms with Crippen LogP contribution in [0.15, 0.2) is 78.0 Å². The molecular weight excluding hydrogens is 452 g/mol. The molecule has 0 aliphatic carbocycles. The number of benzene rings is 3. The Bertz CT molecular complexity index is 1340. The summed E-state index contributed by atoms with van der Waals surface area (Å²) in [5.41, 5.74) is 3.26. The topological polar surface area (TPSA) is 129 Å². The number of nitrogens with zero attached hydrogens (tertiary/aromatic N) is 4. The third-order valence-electron chi connectivity index (χ3n) is 5.15. The Morgan fingerprint density at radius 2 is 1.71 bits per heavy atom. The number of hydrogen-bond acceptors (Lipinski definition) is 7. The lowest BCUT2D eigenvalue weighted by Crippen LogP contribution is -2.21. The largest absolute Gasteiger partial charge is 0.335 e. The van der Waals surface area contributed by atoms with Crippen LogP contribution in [0.25, 0.3) is 11.4 Å². The van der Waals surface area contributed by atoms with E-state index in [1.54, 1.807) is 25.1 Å². The number of hydrogen-bond donors (Lipinski definition) is 2. The van der Waals surface area contributed by atoms with Gasteiger partial charge in [0.2, 0.25) is 11.1 Å². The third kappa shape index (κ3) is 4.91. The molecule has 0 bridgehead atoms. The monoisotopic (exact) mass is 474 g/mol. The van der Waals surface area contributed by atoms with Gasteiger partial charge in [-0.3, -0.25) is 14.9 Å². The number of nitrogen functional groups attached to an aromatic ring is 1. The molecule has 1 atom stereocenters. The van der Waals surface area contributed by atoms with Crippen LogP contribution in [0.5, 0.6) is 0 Å². The van der Waals surface area contributed by atoms with E-state index in [-0.39, 0.29) is 11.4 Å². The van der Waals surface area contributed by atoms with Gasteiger partial charge in [-0.25, -0.2) is 4.68 Å². The molecule has 3 N–H and O–H groups in total. The highest BCUT2D eigenvalue weighted by Gasteiger charge is 2.27. The fourth-order valence-corrected chi connectivity index (χ4v) is 4.32. The Labute approximate surface area is 200 Å². The number of nitro benzene ring substituents is 1. The van der Waals surface area contributed by atoms with Crippen LogP contribution in [0, 0.1) is 24.0 Å². The van der Waals surface area contributed by atoms with Crippen LogP contribution in [0.1, 0.15) is 21.9 Å². The van der Waals surface area contributed by atoms with Gasteiger partial charge in [-0.15, -0.1) is 10.2 Å². The molecule has 4 rings (SSSR count). The van der Waals surface area contributed by atoms with Gasteiger partial charge in [0.15, 0.2) is 5.82 Å². The lowest BCUT2D eigenvalue weighted by Gasteiger charge is -2.16. The Balaban J connectivity index is 1.66. The first-order valence-electron chi connectivity index (χ1n) is 10.4. The molecule has 0 aliphatic rings. The number of carbonyl (C=O) groups excluding carboxylic acids is 1. The number of nitrogens with one attached hydrogen (secondary N) is 1. The zero-order valence-electron chi connectivity index (χ0n) is 18.5. The van der Waals surface area contributed by atoms with Gasteiger partial charge in [0, 0.05) is 11.6 Å². The van der Waals surface area contributed by atoms with E-state index >= 15 is 0 Å². The molecule has 10 heteroatoms. The van der Waals surface area contributed by atoms with Gasteiger partial charge in [0.05, 0.1) is 4.92 Å². The zero-order valence-corrected chi connectivity index (χ0v) is 19.3. The Morgan fingerprint density at radius 1 is 1.03 bits per heavy atom. The zero-order chi connectivity index (χ0) is 24.2. The molecule has 1 heterocycles. The van der Waals surface area contributed by atoms with Gasteiger partial charge in [0.25, 0.3) is 5.69 Å². The molecular formula is C24H22N6O3S. The first-order chi connectivity index (χ1) is 16.3. The number of aromatic nitrogens is 3. The van der Waals surface area contributed by atoms with Crippen molar-refractivity contribution in [2.45, 2.75) is 24.3 Å². The summed E-state index contributed by atoms with van der Waals surface area (Å²) >= 11 is 1.11. The maximum atomic E-state index is 13.3. The maximum Gasteiger partial charge on any atom is 0.293 e. The van der Waals surface area contributed by atoms with E-state index in [1.807, 2.05) is 49.4 Å². The van der Waals surface area contributed by atoms with Crippen molar-refractivity contribution in [3.63, 3.8) is 0 Å². The van der Waals surface area contributed by atoms with E-state index in [0.29, 0.717) is 16.5 Å². The van der Waals surface area contributed by atoms with Crippen LogP contribution in [0.3, 0.4) is 0 Å². The van der Waals surface area contributed by atoms with Crippen molar-refractivity contribution in [3.05, 3.63) is 99.6 Å². The summed E-state index contributed by atoms with van der Waals surface area (Å²) in [6.07, 6.45) is 0. The van der Waals surface area contributed by atoms with E-state index in [0.717, 1.165) is 28.5 Å². The van der Waals surface area contributed by atoms with Crippen LogP contribution in [-0.2, 0) is 4.79 Å². The maximum absolute atomic E-state index is 13.3. The lowest BCUT2D eigenvalue weighted by molar-refractivity contribution is -0.384. The first-order valence-corrected chi connectivity index (χ1v) is 11.3. The molecule has 4 aromatic rings. The molecule has 172 valence electrons. The molecule has 0 saturated carbocycles. The molecule has 0 radical (unpaired) electrons. The number of aryl methyl sites for hydroxylation is 2.